The number of hydrogen-bond acceptors (Lipinski definition) is 8. The molecule has 3 aromatic rings. The van der Waals surface area contributed by atoms with Gasteiger partial charge in [0.15, 0.2) is 11.5 Å². The Morgan fingerprint density at radius 1 is 1.04 bits per heavy atom. The Morgan fingerprint density at radius 2 is 1.71 bits per heavy atom. The molecule has 2 heterocycles. The number of amides is 1. The van der Waals surface area contributed by atoms with E-state index in [2.05, 4.69) is 25.3 Å². The van der Waals surface area contributed by atoms with Crippen LogP contribution in [0.1, 0.15) is 10.4 Å². The number of fused-ring (bicyclic) bond motifs is 1. The molecular formula is C15H14N6O3. The Balaban J connectivity index is 2.00. The van der Waals surface area contributed by atoms with Crippen LogP contribution in [0.2, 0.25) is 0 Å². The molecule has 9 heteroatoms. The van der Waals surface area contributed by atoms with Gasteiger partial charge in [-0.1, -0.05) is 0 Å². The van der Waals surface area contributed by atoms with E-state index < -0.39 is 5.91 Å². The standard InChI is InChI=1S/C15H14N6O3/c1-23-11-3-9-10(4-12(11)24-2)19-7-20-13(9)21-14(22)8-5-17-15(16)18-6-8/h3-7H,1-2H3,(H2,16,17,18)(H,19,20,21,22). The Morgan fingerprint density at radius 3 is 2.38 bits per heavy atom. The van der Waals surface area contributed by atoms with E-state index in [0.29, 0.717) is 28.2 Å². The summed E-state index contributed by atoms with van der Waals surface area (Å²) < 4.78 is 10.5. The number of carbonyl (C=O) groups excluding carboxylic acids is 1. The smallest absolute Gasteiger partial charge is 0.259 e. The summed E-state index contributed by atoms with van der Waals surface area (Å²) in [5.41, 5.74) is 6.28. The van der Waals surface area contributed by atoms with Crippen molar-refractivity contribution in [1.82, 2.24) is 19.9 Å². The Labute approximate surface area is 136 Å². The monoisotopic (exact) mass is 326 g/mol. The fourth-order valence-corrected chi connectivity index (χ4v) is 2.12. The number of aromatic nitrogens is 4. The van der Waals surface area contributed by atoms with E-state index in [1.807, 2.05) is 0 Å². The second kappa shape index (κ2) is 6.32. The van der Waals surface area contributed by atoms with E-state index in [1.54, 1.807) is 12.1 Å². The molecule has 1 aromatic carbocycles. The maximum Gasteiger partial charge on any atom is 0.259 e. The third-order valence-corrected chi connectivity index (χ3v) is 3.31. The third kappa shape index (κ3) is 2.86. The van der Waals surface area contributed by atoms with Gasteiger partial charge >= 0.3 is 0 Å². The zero-order valence-electron chi connectivity index (χ0n) is 13.0. The summed E-state index contributed by atoms with van der Waals surface area (Å²) >= 11 is 0. The van der Waals surface area contributed by atoms with Gasteiger partial charge in [0.2, 0.25) is 5.95 Å². The summed E-state index contributed by atoms with van der Waals surface area (Å²) in [7, 11) is 3.06. The maximum atomic E-state index is 12.3. The second-order valence-electron chi connectivity index (χ2n) is 4.73. The number of ether oxygens (including phenoxy) is 2. The minimum Gasteiger partial charge on any atom is -0.493 e. The molecule has 0 aliphatic heterocycles. The molecule has 0 bridgehead atoms. The van der Waals surface area contributed by atoms with Gasteiger partial charge < -0.3 is 20.5 Å². The molecule has 0 atom stereocenters. The normalized spacial score (nSPS) is 10.4. The van der Waals surface area contributed by atoms with Crippen molar-refractivity contribution in [2.24, 2.45) is 0 Å². The fourth-order valence-electron chi connectivity index (χ4n) is 2.12. The quantitative estimate of drug-likeness (QED) is 0.734. The predicted molar refractivity (Wildman–Crippen MR) is 87.0 cm³/mol. The maximum absolute atomic E-state index is 12.3. The van der Waals surface area contributed by atoms with Gasteiger partial charge in [-0.3, -0.25) is 4.79 Å². The molecule has 2 aromatic heterocycles. The summed E-state index contributed by atoms with van der Waals surface area (Å²) in [5.74, 6) is 1.06. The largest absolute Gasteiger partial charge is 0.493 e. The highest BCUT2D eigenvalue weighted by Gasteiger charge is 2.14. The van der Waals surface area contributed by atoms with E-state index >= 15 is 0 Å². The number of benzene rings is 1. The number of nitrogens with zero attached hydrogens (tertiary/aromatic N) is 4. The average Bonchev–Trinajstić information content (AvgIpc) is 2.61. The highest BCUT2D eigenvalue weighted by Crippen LogP contribution is 2.33. The SMILES string of the molecule is COc1cc2ncnc(NC(=O)c3cnc(N)nc3)c2cc1OC. The lowest BCUT2D eigenvalue weighted by molar-refractivity contribution is 0.102. The van der Waals surface area contributed by atoms with Crippen molar-refractivity contribution in [2.45, 2.75) is 0 Å². The number of nitrogens with one attached hydrogen (secondary N) is 1. The van der Waals surface area contributed by atoms with Crippen LogP contribution in [0.4, 0.5) is 11.8 Å². The number of hydrogen-bond donors (Lipinski definition) is 2. The van der Waals surface area contributed by atoms with Crippen LogP contribution in [-0.4, -0.2) is 40.1 Å². The van der Waals surface area contributed by atoms with Crippen LogP contribution in [0.5, 0.6) is 11.5 Å². The van der Waals surface area contributed by atoms with Crippen molar-refractivity contribution in [3.63, 3.8) is 0 Å². The first-order chi connectivity index (χ1) is 11.6. The number of rotatable bonds is 4. The first-order valence-corrected chi connectivity index (χ1v) is 6.88. The minimum atomic E-state index is -0.412. The lowest BCUT2D eigenvalue weighted by atomic mass is 10.2. The summed E-state index contributed by atoms with van der Waals surface area (Å²) in [6.07, 6.45) is 4.03. The van der Waals surface area contributed by atoms with E-state index in [9.17, 15) is 4.79 Å². The molecule has 0 aliphatic carbocycles. The number of carbonyl (C=O) groups is 1. The summed E-state index contributed by atoms with van der Waals surface area (Å²) in [5, 5.41) is 3.31. The van der Waals surface area contributed by atoms with Gasteiger partial charge in [-0.15, -0.1) is 0 Å². The third-order valence-electron chi connectivity index (χ3n) is 3.31. The fraction of sp³-hybridized carbons (Fsp3) is 0.133. The van der Waals surface area contributed by atoms with Gasteiger partial charge in [-0.2, -0.15) is 0 Å². The Bertz CT molecular complexity index is 898. The van der Waals surface area contributed by atoms with Crippen molar-refractivity contribution in [3.05, 3.63) is 36.4 Å². The van der Waals surface area contributed by atoms with Crippen molar-refractivity contribution in [3.8, 4) is 11.5 Å². The molecule has 0 spiro atoms. The average molecular weight is 326 g/mol. The lowest BCUT2D eigenvalue weighted by Crippen LogP contribution is -2.14. The Hall–Kier alpha value is -3.49. The molecular weight excluding hydrogens is 312 g/mol. The van der Waals surface area contributed by atoms with E-state index in [4.69, 9.17) is 15.2 Å². The van der Waals surface area contributed by atoms with E-state index in [-0.39, 0.29) is 11.5 Å². The molecule has 0 unspecified atom stereocenters. The Kier molecular flexibility index (Phi) is 4.06. The van der Waals surface area contributed by atoms with Crippen LogP contribution in [0.25, 0.3) is 10.9 Å². The van der Waals surface area contributed by atoms with Gasteiger partial charge in [0.1, 0.15) is 12.1 Å². The van der Waals surface area contributed by atoms with Crippen molar-refractivity contribution in [1.29, 1.82) is 0 Å². The predicted octanol–water partition coefficient (Wildman–Crippen LogP) is 1.27. The lowest BCUT2D eigenvalue weighted by Gasteiger charge is -2.11. The van der Waals surface area contributed by atoms with Crippen LogP contribution in [0.3, 0.4) is 0 Å². The molecule has 9 nitrogen and oxygen atoms in total. The molecule has 0 saturated heterocycles. The number of nitrogens with two attached hydrogens (primary N) is 1. The first-order valence-electron chi connectivity index (χ1n) is 6.88. The van der Waals surface area contributed by atoms with E-state index in [1.165, 1.54) is 32.9 Å². The van der Waals surface area contributed by atoms with Gasteiger partial charge in [0.25, 0.3) is 5.91 Å². The first kappa shape index (κ1) is 15.4. The summed E-state index contributed by atoms with van der Waals surface area (Å²) in [6, 6.07) is 3.40. The van der Waals surface area contributed by atoms with Crippen molar-refractivity contribution in [2.75, 3.05) is 25.3 Å². The number of methoxy groups -OCH3 is 2. The zero-order chi connectivity index (χ0) is 17.1. The summed E-state index contributed by atoms with van der Waals surface area (Å²) in [4.78, 5) is 28.2. The molecule has 122 valence electrons. The topological polar surface area (TPSA) is 125 Å². The molecule has 0 radical (unpaired) electrons. The van der Waals surface area contributed by atoms with Crippen molar-refractivity contribution >= 4 is 28.6 Å². The number of anilines is 2. The molecule has 24 heavy (non-hydrogen) atoms. The van der Waals surface area contributed by atoms with Crippen LogP contribution >= 0.6 is 0 Å². The van der Waals surface area contributed by atoms with Crippen LogP contribution in [0.15, 0.2) is 30.9 Å². The highest BCUT2D eigenvalue weighted by atomic mass is 16.5. The molecule has 1 amide bonds. The molecule has 0 fully saturated rings. The number of nitrogen functional groups attached to an aromatic ring is 1. The van der Waals surface area contributed by atoms with Crippen LogP contribution in [-0.2, 0) is 0 Å². The van der Waals surface area contributed by atoms with Gasteiger partial charge in [0.05, 0.1) is 25.3 Å². The van der Waals surface area contributed by atoms with Gasteiger partial charge in [-0.25, -0.2) is 19.9 Å². The zero-order valence-corrected chi connectivity index (χ0v) is 13.0. The van der Waals surface area contributed by atoms with Gasteiger partial charge in [-0.05, 0) is 6.07 Å². The summed E-state index contributed by atoms with van der Waals surface area (Å²) in [6.45, 7) is 0. The molecule has 3 N–H and O–H groups in total. The molecule has 0 aliphatic rings. The minimum absolute atomic E-state index is 0.0934. The molecule has 0 saturated carbocycles. The van der Waals surface area contributed by atoms with Crippen molar-refractivity contribution < 1.29 is 14.3 Å². The van der Waals surface area contributed by atoms with Crippen LogP contribution < -0.4 is 20.5 Å². The van der Waals surface area contributed by atoms with Crippen LogP contribution in [0, 0.1) is 0 Å². The van der Waals surface area contributed by atoms with Gasteiger partial charge in [0, 0.05) is 23.8 Å². The molecule has 3 rings (SSSR count). The second-order valence-corrected chi connectivity index (χ2v) is 4.73. The van der Waals surface area contributed by atoms with E-state index in [0.717, 1.165) is 0 Å². The highest BCUT2D eigenvalue weighted by molar-refractivity contribution is 6.07.